The molecule has 13 heteroatoms. The number of alkyl halides is 3. The molecule has 1 N–H and O–H groups in total. The average molecular weight is 478 g/mol. The molecule has 0 saturated heterocycles. The molecule has 0 saturated carbocycles. The van der Waals surface area contributed by atoms with Crippen LogP contribution < -0.4 is 0 Å². The standard InChI is InChI=1S/C18H16Cl2F3N5O3/c1-17(30,16(29)31-4)13-12(7-24)26-28(15(13)25-8-27(2)3)14-10(19)5-9(6-11(14)20)18(21,22)23/h5-6,8,30H,1-4H3/b25-8+. The quantitative estimate of drug-likeness (QED) is 0.400. The second kappa shape index (κ2) is 8.74. The molecule has 0 spiro atoms. The van der Waals surface area contributed by atoms with Gasteiger partial charge in [-0.15, -0.1) is 0 Å². The number of nitriles is 1. The van der Waals surface area contributed by atoms with E-state index in [1.54, 1.807) is 20.2 Å². The summed E-state index contributed by atoms with van der Waals surface area (Å²) < 4.78 is 44.7. The number of hydrogen-bond donors (Lipinski definition) is 1. The van der Waals surface area contributed by atoms with Crippen LogP contribution in [0.2, 0.25) is 10.0 Å². The fourth-order valence-corrected chi connectivity index (χ4v) is 3.26. The predicted molar refractivity (Wildman–Crippen MR) is 107 cm³/mol. The molecule has 8 nitrogen and oxygen atoms in total. The van der Waals surface area contributed by atoms with Crippen LogP contribution in [0, 0.1) is 11.3 Å². The van der Waals surface area contributed by atoms with Crippen LogP contribution in [-0.2, 0) is 21.3 Å². The van der Waals surface area contributed by atoms with Crippen molar-refractivity contribution >= 4 is 41.3 Å². The van der Waals surface area contributed by atoms with E-state index in [2.05, 4.69) is 14.8 Å². The van der Waals surface area contributed by atoms with Gasteiger partial charge in [-0.25, -0.2) is 14.5 Å². The van der Waals surface area contributed by atoms with Crippen molar-refractivity contribution < 1.29 is 27.8 Å². The topological polar surface area (TPSA) is 104 Å². The first-order valence-corrected chi connectivity index (χ1v) is 9.12. The number of aliphatic imine (C=N–C) groups is 1. The first kappa shape index (κ1) is 24.5. The van der Waals surface area contributed by atoms with Crippen molar-refractivity contribution in [3.63, 3.8) is 0 Å². The molecule has 166 valence electrons. The molecule has 0 aliphatic carbocycles. The zero-order chi connectivity index (χ0) is 23.7. The molecule has 1 aromatic heterocycles. The van der Waals surface area contributed by atoms with Crippen molar-refractivity contribution in [1.82, 2.24) is 14.7 Å². The van der Waals surface area contributed by atoms with Crippen LogP contribution in [0.3, 0.4) is 0 Å². The van der Waals surface area contributed by atoms with Crippen molar-refractivity contribution in [2.75, 3.05) is 21.2 Å². The molecular formula is C18H16Cl2F3N5O3. The van der Waals surface area contributed by atoms with Gasteiger partial charge in [0.2, 0.25) is 0 Å². The Morgan fingerprint density at radius 3 is 2.32 bits per heavy atom. The predicted octanol–water partition coefficient (Wildman–Crippen LogP) is 3.67. The number of aliphatic hydroxyl groups is 1. The highest BCUT2D eigenvalue weighted by Gasteiger charge is 2.42. The van der Waals surface area contributed by atoms with E-state index >= 15 is 0 Å². The minimum absolute atomic E-state index is 0.231. The Labute approximate surface area is 185 Å². The van der Waals surface area contributed by atoms with Gasteiger partial charge in [-0.2, -0.15) is 23.5 Å². The number of ether oxygens (including phenoxy) is 1. The van der Waals surface area contributed by atoms with Crippen molar-refractivity contribution in [2.45, 2.75) is 18.7 Å². The first-order valence-electron chi connectivity index (χ1n) is 8.37. The van der Waals surface area contributed by atoms with Crippen molar-refractivity contribution in [1.29, 1.82) is 5.26 Å². The third kappa shape index (κ3) is 4.76. The lowest BCUT2D eigenvalue weighted by molar-refractivity contribution is -0.161. The number of esters is 1. The molecule has 0 radical (unpaired) electrons. The summed E-state index contributed by atoms with van der Waals surface area (Å²) in [6, 6.07) is 2.99. The van der Waals surface area contributed by atoms with Gasteiger partial charge < -0.3 is 14.7 Å². The lowest BCUT2D eigenvalue weighted by atomic mass is 9.95. The average Bonchev–Trinajstić information content (AvgIpc) is 3.03. The highest BCUT2D eigenvalue weighted by atomic mass is 35.5. The highest BCUT2D eigenvalue weighted by Crippen LogP contribution is 2.41. The summed E-state index contributed by atoms with van der Waals surface area (Å²) in [4.78, 5) is 17.8. The summed E-state index contributed by atoms with van der Waals surface area (Å²) in [6.45, 7) is 1.06. The minimum atomic E-state index is -4.71. The highest BCUT2D eigenvalue weighted by molar-refractivity contribution is 6.38. The fraction of sp³-hybridized carbons (Fsp3) is 0.333. The lowest BCUT2D eigenvalue weighted by Gasteiger charge is -2.20. The van der Waals surface area contributed by atoms with Crippen LogP contribution in [0.15, 0.2) is 17.1 Å². The first-order chi connectivity index (χ1) is 14.2. The summed E-state index contributed by atoms with van der Waals surface area (Å²) in [5, 5.41) is 23.4. The zero-order valence-electron chi connectivity index (χ0n) is 16.6. The summed E-state index contributed by atoms with van der Waals surface area (Å²) in [5.74, 6) is -1.38. The molecule has 31 heavy (non-hydrogen) atoms. The number of aromatic nitrogens is 2. The Morgan fingerprint density at radius 2 is 1.90 bits per heavy atom. The molecule has 1 aromatic carbocycles. The second-order valence-electron chi connectivity index (χ2n) is 6.63. The van der Waals surface area contributed by atoms with Gasteiger partial charge in [-0.05, 0) is 19.1 Å². The largest absolute Gasteiger partial charge is 0.467 e. The maximum atomic E-state index is 13.1. The maximum Gasteiger partial charge on any atom is 0.416 e. The van der Waals surface area contributed by atoms with E-state index in [1.165, 1.54) is 11.2 Å². The molecule has 2 aromatic rings. The van der Waals surface area contributed by atoms with Crippen molar-refractivity contribution in [3.05, 3.63) is 39.0 Å². The summed E-state index contributed by atoms with van der Waals surface area (Å²) in [6.07, 6.45) is -3.45. The molecule has 0 fully saturated rings. The van der Waals surface area contributed by atoms with E-state index in [4.69, 9.17) is 23.2 Å². The normalized spacial score (nSPS) is 13.7. The molecule has 1 heterocycles. The fourth-order valence-electron chi connectivity index (χ4n) is 2.61. The van der Waals surface area contributed by atoms with Crippen molar-refractivity contribution in [2.24, 2.45) is 4.99 Å². The molecule has 2 rings (SSSR count). The van der Waals surface area contributed by atoms with Crippen LogP contribution in [0.25, 0.3) is 5.69 Å². The van der Waals surface area contributed by atoms with Gasteiger partial charge in [0.25, 0.3) is 0 Å². The Morgan fingerprint density at radius 1 is 1.35 bits per heavy atom. The Bertz CT molecular complexity index is 1070. The van der Waals surface area contributed by atoms with Gasteiger partial charge in [0.1, 0.15) is 11.8 Å². The van der Waals surface area contributed by atoms with Gasteiger partial charge in [0.05, 0.1) is 34.6 Å². The van der Waals surface area contributed by atoms with E-state index in [1.807, 2.05) is 0 Å². The molecule has 1 atom stereocenters. The summed E-state index contributed by atoms with van der Waals surface area (Å²) >= 11 is 12.1. The Balaban J connectivity index is 2.93. The zero-order valence-corrected chi connectivity index (χ0v) is 18.1. The molecule has 1 unspecified atom stereocenters. The van der Waals surface area contributed by atoms with E-state index < -0.39 is 39.0 Å². The number of hydrogen-bond acceptors (Lipinski definition) is 6. The van der Waals surface area contributed by atoms with Crippen LogP contribution in [0.4, 0.5) is 19.0 Å². The van der Waals surface area contributed by atoms with Crippen molar-refractivity contribution in [3.8, 4) is 11.8 Å². The Kier molecular flexibility index (Phi) is 6.90. The number of methoxy groups -OCH3 is 1. The molecular weight excluding hydrogens is 462 g/mol. The molecule has 0 amide bonds. The van der Waals surface area contributed by atoms with Gasteiger partial charge in [0.15, 0.2) is 17.1 Å². The van der Waals surface area contributed by atoms with Crippen LogP contribution in [0.1, 0.15) is 23.7 Å². The summed E-state index contributed by atoms with van der Waals surface area (Å²) in [7, 11) is 4.26. The lowest BCUT2D eigenvalue weighted by Crippen LogP contribution is -2.34. The van der Waals surface area contributed by atoms with Gasteiger partial charge in [0, 0.05) is 14.1 Å². The van der Waals surface area contributed by atoms with Crippen LogP contribution in [-0.4, -0.2) is 53.3 Å². The monoisotopic (exact) mass is 477 g/mol. The van der Waals surface area contributed by atoms with E-state index in [9.17, 15) is 28.3 Å². The smallest absolute Gasteiger partial charge is 0.416 e. The SMILES string of the molecule is COC(=O)C(C)(O)c1c(C#N)nn(-c2c(Cl)cc(C(F)(F)F)cc2Cl)c1/N=C/N(C)C. The number of nitrogens with zero attached hydrogens (tertiary/aromatic N) is 5. The number of carbonyl (C=O) groups excluding carboxylic acids is 1. The second-order valence-corrected chi connectivity index (χ2v) is 7.44. The third-order valence-electron chi connectivity index (χ3n) is 4.00. The van der Waals surface area contributed by atoms with E-state index in [0.29, 0.717) is 12.1 Å². The molecule has 0 aliphatic rings. The van der Waals surface area contributed by atoms with Gasteiger partial charge >= 0.3 is 12.1 Å². The van der Waals surface area contributed by atoms with Crippen LogP contribution >= 0.6 is 23.2 Å². The van der Waals surface area contributed by atoms with Gasteiger partial charge in [-0.3, -0.25) is 0 Å². The van der Waals surface area contributed by atoms with E-state index in [-0.39, 0.29) is 17.1 Å². The number of halogens is 5. The molecule has 0 aliphatic heterocycles. The molecule has 0 bridgehead atoms. The number of carbonyl (C=O) groups is 1. The van der Waals surface area contributed by atoms with Crippen LogP contribution in [0.5, 0.6) is 0 Å². The third-order valence-corrected chi connectivity index (χ3v) is 4.58. The van der Waals surface area contributed by atoms with E-state index in [0.717, 1.165) is 18.7 Å². The van der Waals surface area contributed by atoms with Gasteiger partial charge in [-0.1, -0.05) is 23.2 Å². The number of benzene rings is 1. The Hall–Kier alpha value is -2.81. The summed E-state index contributed by atoms with van der Waals surface area (Å²) in [5.41, 5.74) is -4.48. The minimum Gasteiger partial charge on any atom is -0.467 e. The number of rotatable bonds is 5. The maximum absolute atomic E-state index is 13.1.